The van der Waals surface area contributed by atoms with Crippen molar-refractivity contribution in [2.75, 3.05) is 11.4 Å². The zero-order valence-corrected chi connectivity index (χ0v) is 12.9. The number of H-pyrrole nitrogens is 1. The Labute approximate surface area is 138 Å². The zero-order valence-electron chi connectivity index (χ0n) is 12.9. The molecule has 0 aromatic carbocycles. The molecule has 0 saturated carbocycles. The van der Waals surface area contributed by atoms with Gasteiger partial charge in [-0.3, -0.25) is 0 Å². The number of pyridine rings is 1. The van der Waals surface area contributed by atoms with Crippen LogP contribution in [0.4, 0.5) is 5.82 Å². The molecule has 0 radical (unpaired) electrons. The van der Waals surface area contributed by atoms with Crippen molar-refractivity contribution in [1.29, 1.82) is 0 Å². The average Bonchev–Trinajstić information content (AvgIpc) is 3.28. The molecule has 0 unspecified atom stereocenters. The molecule has 0 saturated heterocycles. The smallest absolute Gasteiger partial charge is 0.132 e. The highest BCUT2D eigenvalue weighted by Crippen LogP contribution is 2.35. The third kappa shape index (κ3) is 1.98. The number of nitrogens with one attached hydrogen (secondary N) is 1. The molecule has 1 N–H and O–H groups in total. The molecule has 5 rings (SSSR count). The highest BCUT2D eigenvalue weighted by atomic mass is 15.3. The minimum atomic E-state index is -0.0604. The van der Waals surface area contributed by atoms with Crippen molar-refractivity contribution in [1.82, 2.24) is 29.5 Å². The van der Waals surface area contributed by atoms with Crippen LogP contribution in [0.5, 0.6) is 0 Å². The van der Waals surface area contributed by atoms with Crippen molar-refractivity contribution in [3.8, 4) is 0 Å². The Kier molecular flexibility index (Phi) is 2.84. The number of nitrogens with zero attached hydrogens (tertiary/aromatic N) is 6. The van der Waals surface area contributed by atoms with Gasteiger partial charge in [0.2, 0.25) is 0 Å². The summed E-state index contributed by atoms with van der Waals surface area (Å²) in [6.45, 7) is 0.852. The molecule has 0 spiro atoms. The molecule has 118 valence electrons. The molecule has 1 aliphatic heterocycles. The van der Waals surface area contributed by atoms with Crippen molar-refractivity contribution in [2.24, 2.45) is 0 Å². The summed E-state index contributed by atoms with van der Waals surface area (Å²) in [5.41, 5.74) is 4.22. The van der Waals surface area contributed by atoms with Crippen LogP contribution in [0.25, 0.3) is 5.52 Å². The van der Waals surface area contributed by atoms with Crippen LogP contribution < -0.4 is 4.90 Å². The maximum absolute atomic E-state index is 4.77. The summed E-state index contributed by atoms with van der Waals surface area (Å²) in [6.07, 6.45) is 7.97. The summed E-state index contributed by atoms with van der Waals surface area (Å²) >= 11 is 0. The number of imidazole rings is 1. The van der Waals surface area contributed by atoms with Gasteiger partial charge in [-0.1, -0.05) is 6.07 Å². The van der Waals surface area contributed by atoms with Gasteiger partial charge in [0.15, 0.2) is 0 Å². The molecule has 1 aliphatic rings. The normalized spacial score (nSPS) is 17.2. The van der Waals surface area contributed by atoms with E-state index in [9.17, 15) is 0 Å². The van der Waals surface area contributed by atoms with Crippen molar-refractivity contribution in [2.45, 2.75) is 12.5 Å². The maximum atomic E-state index is 4.77. The van der Waals surface area contributed by atoms with Crippen LogP contribution in [-0.4, -0.2) is 36.1 Å². The molecule has 1 atom stereocenters. The van der Waals surface area contributed by atoms with Gasteiger partial charge in [-0.2, -0.15) is 5.10 Å². The predicted molar refractivity (Wildman–Crippen MR) is 88.7 cm³/mol. The van der Waals surface area contributed by atoms with E-state index in [0.29, 0.717) is 0 Å². The fourth-order valence-corrected chi connectivity index (χ4v) is 3.37. The molecule has 4 aromatic rings. The summed E-state index contributed by atoms with van der Waals surface area (Å²) < 4.78 is 1.90. The van der Waals surface area contributed by atoms with Crippen LogP contribution in [0.1, 0.15) is 23.1 Å². The highest BCUT2D eigenvalue weighted by Gasteiger charge is 2.33. The van der Waals surface area contributed by atoms with Crippen molar-refractivity contribution in [3.63, 3.8) is 0 Å². The third-order valence-corrected chi connectivity index (χ3v) is 4.45. The second-order valence-corrected chi connectivity index (χ2v) is 5.82. The van der Waals surface area contributed by atoms with Gasteiger partial charge in [-0.15, -0.1) is 0 Å². The van der Waals surface area contributed by atoms with Crippen LogP contribution in [0.2, 0.25) is 0 Å². The lowest BCUT2D eigenvalue weighted by atomic mass is 10.00. The number of hydrogen-bond acceptors (Lipinski definition) is 5. The molecule has 4 aromatic heterocycles. The van der Waals surface area contributed by atoms with Gasteiger partial charge < -0.3 is 9.88 Å². The topological polar surface area (TPSA) is 75.0 Å². The zero-order chi connectivity index (χ0) is 15.9. The SMILES string of the molecule is c1ccn2nc([C@@H]3c4nc[nH]c4CCN3c3ccncn3)cc2c1. The van der Waals surface area contributed by atoms with Crippen LogP contribution in [0, 0.1) is 0 Å². The fourth-order valence-electron chi connectivity index (χ4n) is 3.37. The van der Waals surface area contributed by atoms with Gasteiger partial charge in [0, 0.05) is 31.1 Å². The first-order chi connectivity index (χ1) is 11.9. The highest BCUT2D eigenvalue weighted by molar-refractivity contribution is 5.53. The summed E-state index contributed by atoms with van der Waals surface area (Å²) in [6, 6.07) is 10.0. The Balaban J connectivity index is 1.68. The summed E-state index contributed by atoms with van der Waals surface area (Å²) in [5.74, 6) is 0.890. The maximum Gasteiger partial charge on any atom is 0.132 e. The van der Waals surface area contributed by atoms with Gasteiger partial charge in [-0.05, 0) is 24.3 Å². The Morgan fingerprint density at radius 1 is 1.17 bits per heavy atom. The predicted octanol–water partition coefficient (Wildman–Crippen LogP) is 2.00. The Morgan fingerprint density at radius 3 is 3.04 bits per heavy atom. The lowest BCUT2D eigenvalue weighted by Gasteiger charge is -2.34. The Bertz CT molecular complexity index is 955. The fraction of sp³-hybridized carbons (Fsp3) is 0.176. The standard InChI is InChI=1S/C17H15N7/c1-2-7-24-12(3-1)9-14(22-24)17-16-13(19-11-21-16)5-8-23(17)15-4-6-18-10-20-15/h1-4,6-7,9-11,17H,5,8H2,(H,19,21)/t17-/m1/s1. The second-order valence-electron chi connectivity index (χ2n) is 5.82. The number of hydrogen-bond donors (Lipinski definition) is 1. The van der Waals surface area contributed by atoms with E-state index in [0.717, 1.165) is 35.7 Å². The van der Waals surface area contributed by atoms with Gasteiger partial charge in [0.25, 0.3) is 0 Å². The van der Waals surface area contributed by atoms with Crippen LogP contribution in [-0.2, 0) is 6.42 Å². The number of aromatic amines is 1. The van der Waals surface area contributed by atoms with Crippen LogP contribution in [0.15, 0.2) is 55.4 Å². The molecule has 0 fully saturated rings. The van der Waals surface area contributed by atoms with Crippen LogP contribution in [0.3, 0.4) is 0 Å². The monoisotopic (exact) mass is 317 g/mol. The van der Waals surface area contributed by atoms with Gasteiger partial charge in [-0.25, -0.2) is 19.5 Å². The van der Waals surface area contributed by atoms with Gasteiger partial charge in [0.05, 0.1) is 23.2 Å². The number of aromatic nitrogens is 6. The van der Waals surface area contributed by atoms with Crippen LogP contribution >= 0.6 is 0 Å². The van der Waals surface area contributed by atoms with E-state index in [1.165, 1.54) is 5.69 Å². The Hall–Kier alpha value is -3.22. The number of fused-ring (bicyclic) bond motifs is 2. The summed E-state index contributed by atoms with van der Waals surface area (Å²) in [7, 11) is 0. The quantitative estimate of drug-likeness (QED) is 0.612. The van der Waals surface area contributed by atoms with E-state index in [4.69, 9.17) is 5.10 Å². The minimum Gasteiger partial charge on any atom is -0.348 e. The number of anilines is 1. The lowest BCUT2D eigenvalue weighted by molar-refractivity contribution is 0.610. The molecule has 7 heteroatoms. The van der Waals surface area contributed by atoms with Gasteiger partial charge >= 0.3 is 0 Å². The molecule has 5 heterocycles. The first-order valence-electron chi connectivity index (χ1n) is 7.89. The molecule has 24 heavy (non-hydrogen) atoms. The number of rotatable bonds is 2. The summed E-state index contributed by atoms with van der Waals surface area (Å²) in [5, 5.41) is 4.77. The van der Waals surface area contributed by atoms with E-state index in [2.05, 4.69) is 37.0 Å². The van der Waals surface area contributed by atoms with E-state index in [1.807, 2.05) is 28.9 Å². The van der Waals surface area contributed by atoms with Crippen molar-refractivity contribution in [3.05, 3.63) is 72.5 Å². The molecule has 0 amide bonds. The first-order valence-corrected chi connectivity index (χ1v) is 7.89. The first kappa shape index (κ1) is 13.2. The molecule has 0 bridgehead atoms. The van der Waals surface area contributed by atoms with E-state index in [1.54, 1.807) is 18.9 Å². The van der Waals surface area contributed by atoms with E-state index < -0.39 is 0 Å². The van der Waals surface area contributed by atoms with E-state index >= 15 is 0 Å². The third-order valence-electron chi connectivity index (χ3n) is 4.45. The second kappa shape index (κ2) is 5.16. The average molecular weight is 317 g/mol. The van der Waals surface area contributed by atoms with E-state index in [-0.39, 0.29) is 6.04 Å². The minimum absolute atomic E-state index is 0.0604. The van der Waals surface area contributed by atoms with Crippen molar-refractivity contribution >= 4 is 11.3 Å². The molecular weight excluding hydrogens is 302 g/mol. The van der Waals surface area contributed by atoms with Gasteiger partial charge in [0.1, 0.15) is 18.2 Å². The van der Waals surface area contributed by atoms with Crippen molar-refractivity contribution < 1.29 is 0 Å². The largest absolute Gasteiger partial charge is 0.348 e. The summed E-state index contributed by atoms with van der Waals surface area (Å²) in [4.78, 5) is 18.5. The molecular formula is C17H15N7. The Morgan fingerprint density at radius 2 is 2.17 bits per heavy atom. The lowest BCUT2D eigenvalue weighted by Crippen LogP contribution is -2.37. The molecule has 0 aliphatic carbocycles. The molecule has 7 nitrogen and oxygen atoms in total.